The number of methoxy groups -OCH3 is 1. The molecule has 0 aromatic heterocycles. The summed E-state index contributed by atoms with van der Waals surface area (Å²) >= 11 is 0. The van der Waals surface area contributed by atoms with E-state index in [-0.39, 0.29) is 17.8 Å². The van der Waals surface area contributed by atoms with Gasteiger partial charge in [-0.05, 0) is 35.7 Å². The Morgan fingerprint density at radius 1 is 1.26 bits per heavy atom. The van der Waals surface area contributed by atoms with Gasteiger partial charge in [0.15, 0.2) is 0 Å². The number of nitrogens with zero attached hydrogens (tertiary/aromatic N) is 1. The quantitative estimate of drug-likeness (QED) is 0.600. The van der Waals surface area contributed by atoms with Crippen molar-refractivity contribution in [3.63, 3.8) is 0 Å². The second-order valence-electron chi connectivity index (χ2n) is 6.79. The minimum Gasteiger partial charge on any atom is -0.467 e. The monoisotopic (exact) mass is 370 g/mol. The van der Waals surface area contributed by atoms with Crippen molar-refractivity contribution in [2.45, 2.75) is 32.0 Å². The standard InChI is InChI=1S/C21H23FN2O3/c1-14-8-9-17(22)11-16(14)12-24-13-19(24)20(25)23-18(21(26)27-2)10-15-6-4-3-5-7-15/h3-9,11,18-19H,10,12-13H2,1-2H3,(H,23,25)/t18-,19?,24?/m1/s1. The summed E-state index contributed by atoms with van der Waals surface area (Å²) in [5.74, 6) is -0.970. The molecule has 142 valence electrons. The van der Waals surface area contributed by atoms with Crippen molar-refractivity contribution in [3.05, 3.63) is 71.0 Å². The number of nitrogens with one attached hydrogen (secondary N) is 1. The molecule has 0 saturated carbocycles. The predicted molar refractivity (Wildman–Crippen MR) is 99.4 cm³/mol. The Labute approximate surface area is 158 Å². The van der Waals surface area contributed by atoms with Crippen molar-refractivity contribution in [2.75, 3.05) is 13.7 Å². The Hall–Kier alpha value is -2.73. The number of carbonyl (C=O) groups is 2. The number of carbonyl (C=O) groups excluding carboxylic acids is 2. The maximum atomic E-state index is 13.4. The number of amides is 1. The van der Waals surface area contributed by atoms with Gasteiger partial charge in [0.25, 0.3) is 0 Å². The number of halogens is 1. The summed E-state index contributed by atoms with van der Waals surface area (Å²) in [6, 6.07) is 13.1. The van der Waals surface area contributed by atoms with Crippen LogP contribution in [-0.2, 0) is 27.3 Å². The summed E-state index contributed by atoms with van der Waals surface area (Å²) in [4.78, 5) is 26.5. The van der Waals surface area contributed by atoms with E-state index in [0.717, 1.165) is 16.7 Å². The van der Waals surface area contributed by atoms with Crippen LogP contribution in [0.15, 0.2) is 48.5 Å². The molecule has 1 aliphatic rings. The molecule has 1 amide bonds. The Bertz CT molecular complexity index is 825. The molecule has 0 aliphatic carbocycles. The molecule has 2 aromatic rings. The number of aryl methyl sites for hydroxylation is 1. The number of rotatable bonds is 7. The van der Waals surface area contributed by atoms with Crippen LogP contribution in [0.4, 0.5) is 4.39 Å². The summed E-state index contributed by atoms with van der Waals surface area (Å²) in [5.41, 5.74) is 2.79. The van der Waals surface area contributed by atoms with Gasteiger partial charge in [0.05, 0.1) is 7.11 Å². The number of benzene rings is 2. The maximum absolute atomic E-state index is 13.4. The van der Waals surface area contributed by atoms with E-state index in [2.05, 4.69) is 5.32 Å². The molecule has 3 atom stereocenters. The average Bonchev–Trinajstić information content (AvgIpc) is 3.43. The number of esters is 1. The van der Waals surface area contributed by atoms with Crippen LogP contribution in [0, 0.1) is 12.7 Å². The number of hydrogen-bond donors (Lipinski definition) is 1. The molecule has 0 spiro atoms. The molecule has 5 nitrogen and oxygen atoms in total. The zero-order valence-corrected chi connectivity index (χ0v) is 15.4. The van der Waals surface area contributed by atoms with E-state index >= 15 is 0 Å². The Morgan fingerprint density at radius 2 is 2.00 bits per heavy atom. The highest BCUT2D eigenvalue weighted by Crippen LogP contribution is 2.23. The molecule has 6 heteroatoms. The van der Waals surface area contributed by atoms with Gasteiger partial charge in [-0.2, -0.15) is 0 Å². The second-order valence-corrected chi connectivity index (χ2v) is 6.79. The van der Waals surface area contributed by atoms with Gasteiger partial charge < -0.3 is 10.1 Å². The summed E-state index contributed by atoms with van der Waals surface area (Å²) in [6.07, 6.45) is 0.370. The number of ether oxygens (including phenoxy) is 1. The van der Waals surface area contributed by atoms with Crippen LogP contribution in [0.3, 0.4) is 0 Å². The smallest absolute Gasteiger partial charge is 0.328 e. The minimum absolute atomic E-state index is 0.213. The third kappa shape index (κ3) is 4.92. The third-order valence-electron chi connectivity index (χ3n) is 4.79. The van der Waals surface area contributed by atoms with Crippen LogP contribution in [0.25, 0.3) is 0 Å². The maximum Gasteiger partial charge on any atom is 0.328 e. The summed E-state index contributed by atoms with van der Waals surface area (Å²) in [5, 5.41) is 2.79. The van der Waals surface area contributed by atoms with E-state index in [1.807, 2.05) is 42.2 Å². The fourth-order valence-electron chi connectivity index (χ4n) is 3.08. The first-order valence-electron chi connectivity index (χ1n) is 8.89. The fraction of sp³-hybridized carbons (Fsp3) is 0.333. The van der Waals surface area contributed by atoms with Crippen molar-refractivity contribution in [1.82, 2.24) is 10.2 Å². The second kappa shape index (κ2) is 8.31. The molecule has 1 N–H and O–H groups in total. The van der Waals surface area contributed by atoms with Crippen LogP contribution in [0.2, 0.25) is 0 Å². The molecular weight excluding hydrogens is 347 g/mol. The predicted octanol–water partition coefficient (Wildman–Crippen LogP) is 2.22. The van der Waals surface area contributed by atoms with E-state index in [4.69, 9.17) is 4.74 Å². The highest BCUT2D eigenvalue weighted by molar-refractivity contribution is 5.89. The van der Waals surface area contributed by atoms with Crippen molar-refractivity contribution in [2.24, 2.45) is 0 Å². The first-order chi connectivity index (χ1) is 13.0. The van der Waals surface area contributed by atoms with Gasteiger partial charge in [0, 0.05) is 19.5 Å². The molecular formula is C21H23FN2O3. The topological polar surface area (TPSA) is 58.4 Å². The first-order valence-corrected chi connectivity index (χ1v) is 8.89. The van der Waals surface area contributed by atoms with Crippen LogP contribution >= 0.6 is 0 Å². The molecule has 0 radical (unpaired) electrons. The largest absolute Gasteiger partial charge is 0.467 e. The van der Waals surface area contributed by atoms with Crippen LogP contribution < -0.4 is 5.32 Å². The van der Waals surface area contributed by atoms with Crippen LogP contribution in [-0.4, -0.2) is 42.5 Å². The van der Waals surface area contributed by atoms with Crippen molar-refractivity contribution in [1.29, 1.82) is 0 Å². The third-order valence-corrected chi connectivity index (χ3v) is 4.79. The first kappa shape index (κ1) is 19.0. The summed E-state index contributed by atoms with van der Waals surface area (Å²) in [7, 11) is 1.31. The van der Waals surface area contributed by atoms with E-state index in [0.29, 0.717) is 19.5 Å². The van der Waals surface area contributed by atoms with Crippen molar-refractivity contribution in [3.8, 4) is 0 Å². The average molecular weight is 370 g/mol. The molecule has 2 unspecified atom stereocenters. The molecule has 1 heterocycles. The van der Waals surface area contributed by atoms with Crippen molar-refractivity contribution >= 4 is 11.9 Å². The van der Waals surface area contributed by atoms with Crippen LogP contribution in [0.5, 0.6) is 0 Å². The van der Waals surface area contributed by atoms with Gasteiger partial charge in [-0.1, -0.05) is 36.4 Å². The number of hydrogen-bond acceptors (Lipinski definition) is 4. The minimum atomic E-state index is -0.733. The zero-order valence-electron chi connectivity index (χ0n) is 15.4. The molecule has 2 aromatic carbocycles. The molecule has 3 rings (SSSR count). The van der Waals surface area contributed by atoms with Gasteiger partial charge in [-0.3, -0.25) is 9.69 Å². The van der Waals surface area contributed by atoms with Gasteiger partial charge in [0.2, 0.25) is 5.91 Å². The molecule has 1 saturated heterocycles. The normalized spacial score (nSPS) is 19.2. The lowest BCUT2D eigenvalue weighted by Gasteiger charge is -2.17. The van der Waals surface area contributed by atoms with Crippen molar-refractivity contribution < 1.29 is 18.7 Å². The highest BCUT2D eigenvalue weighted by Gasteiger charge is 2.41. The Kier molecular flexibility index (Phi) is 5.86. The van der Waals surface area contributed by atoms with Gasteiger partial charge in [0.1, 0.15) is 17.9 Å². The summed E-state index contributed by atoms with van der Waals surface area (Å²) < 4.78 is 18.3. The van der Waals surface area contributed by atoms with E-state index in [1.54, 1.807) is 6.07 Å². The summed E-state index contributed by atoms with van der Waals surface area (Å²) in [6.45, 7) is 3.00. The van der Waals surface area contributed by atoms with Gasteiger partial charge >= 0.3 is 5.97 Å². The molecule has 27 heavy (non-hydrogen) atoms. The van der Waals surface area contributed by atoms with Crippen LogP contribution in [0.1, 0.15) is 16.7 Å². The Balaban J connectivity index is 1.60. The SMILES string of the molecule is COC(=O)[C@@H](Cc1ccccc1)NC(=O)C1CN1Cc1cc(F)ccc1C. The van der Waals surface area contributed by atoms with E-state index < -0.39 is 12.0 Å². The lowest BCUT2D eigenvalue weighted by atomic mass is 10.1. The lowest BCUT2D eigenvalue weighted by Crippen LogP contribution is -2.45. The van der Waals surface area contributed by atoms with Gasteiger partial charge in [-0.15, -0.1) is 0 Å². The van der Waals surface area contributed by atoms with E-state index in [1.165, 1.54) is 19.2 Å². The lowest BCUT2D eigenvalue weighted by molar-refractivity contribution is -0.145. The van der Waals surface area contributed by atoms with Gasteiger partial charge in [-0.25, -0.2) is 9.18 Å². The molecule has 0 bridgehead atoms. The fourth-order valence-corrected chi connectivity index (χ4v) is 3.08. The molecule has 1 fully saturated rings. The molecule has 1 aliphatic heterocycles. The Morgan fingerprint density at radius 3 is 2.70 bits per heavy atom. The highest BCUT2D eigenvalue weighted by atomic mass is 19.1. The zero-order chi connectivity index (χ0) is 19.4. The van der Waals surface area contributed by atoms with E-state index in [9.17, 15) is 14.0 Å².